The number of carboxylic acids is 1. The Balaban J connectivity index is 2.51. The topological polar surface area (TPSA) is 58.6 Å². The predicted molar refractivity (Wildman–Crippen MR) is 98.9 cm³/mol. The minimum Gasteiger partial charge on any atom is -0.493 e. The van der Waals surface area contributed by atoms with Gasteiger partial charge in [0, 0.05) is 13.0 Å². The van der Waals surface area contributed by atoms with Gasteiger partial charge < -0.3 is 15.2 Å². The highest BCUT2D eigenvalue weighted by Crippen LogP contribution is 2.37. The second kappa shape index (κ2) is 12.6. The molecule has 4 nitrogen and oxygen atoms in total. The van der Waals surface area contributed by atoms with Crippen LogP contribution in [0.4, 0.5) is 13.2 Å². The Morgan fingerprint density at radius 2 is 1.81 bits per heavy atom. The highest BCUT2D eigenvalue weighted by molar-refractivity contribution is 5.66. The van der Waals surface area contributed by atoms with Crippen LogP contribution >= 0.6 is 0 Å². The summed E-state index contributed by atoms with van der Waals surface area (Å²) in [5, 5.41) is 11.5. The Labute approximate surface area is 159 Å². The molecule has 0 spiro atoms. The lowest BCUT2D eigenvalue weighted by Crippen LogP contribution is -2.17. The first-order valence-corrected chi connectivity index (χ1v) is 9.60. The molecule has 0 aliphatic rings. The summed E-state index contributed by atoms with van der Waals surface area (Å²) in [5.74, 6) is -1.02. The molecular formula is C20H30F3NO3. The molecule has 0 saturated carbocycles. The van der Waals surface area contributed by atoms with Crippen LogP contribution in [0, 0.1) is 0 Å². The lowest BCUT2D eigenvalue weighted by molar-refractivity contribution is -0.139. The van der Waals surface area contributed by atoms with Crippen molar-refractivity contribution in [3.63, 3.8) is 0 Å². The summed E-state index contributed by atoms with van der Waals surface area (Å²) < 4.78 is 45.3. The molecule has 0 bridgehead atoms. The van der Waals surface area contributed by atoms with Gasteiger partial charge >= 0.3 is 12.1 Å². The largest absolute Gasteiger partial charge is 0.493 e. The molecule has 1 aromatic carbocycles. The molecule has 0 heterocycles. The van der Waals surface area contributed by atoms with Crippen LogP contribution in [0.1, 0.15) is 69.4 Å². The third-order valence-corrected chi connectivity index (χ3v) is 4.18. The number of rotatable bonds is 14. The minimum atomic E-state index is -4.48. The van der Waals surface area contributed by atoms with Gasteiger partial charge in [0.05, 0.1) is 12.2 Å². The number of alkyl halides is 3. The van der Waals surface area contributed by atoms with E-state index in [0.29, 0.717) is 18.5 Å². The Morgan fingerprint density at radius 3 is 2.48 bits per heavy atom. The zero-order chi connectivity index (χ0) is 20.1. The Bertz CT molecular complexity index is 562. The molecule has 27 heavy (non-hydrogen) atoms. The van der Waals surface area contributed by atoms with Crippen molar-refractivity contribution in [2.45, 2.75) is 71.0 Å². The fraction of sp³-hybridized carbons (Fsp3) is 0.650. The summed E-state index contributed by atoms with van der Waals surface area (Å²) >= 11 is 0. The highest BCUT2D eigenvalue weighted by atomic mass is 19.4. The average Bonchev–Trinajstić information content (AvgIpc) is 2.60. The molecule has 2 N–H and O–H groups in total. The van der Waals surface area contributed by atoms with Crippen molar-refractivity contribution in [2.24, 2.45) is 0 Å². The molecule has 154 valence electrons. The van der Waals surface area contributed by atoms with Gasteiger partial charge in [-0.15, -0.1) is 0 Å². The normalized spacial score (nSPS) is 11.6. The van der Waals surface area contributed by atoms with E-state index in [9.17, 15) is 18.0 Å². The van der Waals surface area contributed by atoms with E-state index in [1.165, 1.54) is 12.5 Å². The van der Waals surface area contributed by atoms with E-state index in [1.54, 1.807) is 6.07 Å². The van der Waals surface area contributed by atoms with Crippen molar-refractivity contribution < 1.29 is 27.8 Å². The Hall–Kier alpha value is -1.76. The molecule has 0 fully saturated rings. The molecule has 7 heteroatoms. The third kappa shape index (κ3) is 10.2. The fourth-order valence-electron chi connectivity index (χ4n) is 2.70. The van der Waals surface area contributed by atoms with Gasteiger partial charge in [-0.05, 0) is 37.1 Å². The van der Waals surface area contributed by atoms with Crippen molar-refractivity contribution in [3.8, 4) is 5.75 Å². The maximum atomic E-state index is 13.3. The van der Waals surface area contributed by atoms with Crippen molar-refractivity contribution in [1.29, 1.82) is 0 Å². The van der Waals surface area contributed by atoms with E-state index in [1.807, 2.05) is 0 Å². The van der Waals surface area contributed by atoms with Gasteiger partial charge in [0.25, 0.3) is 0 Å². The predicted octanol–water partition coefficient (Wildman–Crippen LogP) is 5.40. The summed E-state index contributed by atoms with van der Waals surface area (Å²) in [6.07, 6.45) is 2.27. The van der Waals surface area contributed by atoms with Crippen molar-refractivity contribution in [1.82, 2.24) is 5.32 Å². The number of halogens is 3. The van der Waals surface area contributed by atoms with Crippen molar-refractivity contribution in [3.05, 3.63) is 29.3 Å². The first-order chi connectivity index (χ1) is 12.8. The molecule has 0 amide bonds. The fourth-order valence-corrected chi connectivity index (χ4v) is 2.70. The van der Waals surface area contributed by atoms with Crippen LogP contribution < -0.4 is 10.1 Å². The number of ether oxygens (including phenoxy) is 1. The van der Waals surface area contributed by atoms with E-state index < -0.39 is 17.7 Å². The smallest absolute Gasteiger partial charge is 0.419 e. The molecule has 0 unspecified atom stereocenters. The lowest BCUT2D eigenvalue weighted by Gasteiger charge is -2.16. The number of carbonyl (C=O) groups is 1. The Kier molecular flexibility index (Phi) is 10.9. The van der Waals surface area contributed by atoms with Crippen LogP contribution in [-0.4, -0.2) is 24.2 Å². The monoisotopic (exact) mass is 389 g/mol. The number of benzene rings is 1. The standard InChI is InChI=1S/C20H30F3NO3/c1-2-3-4-5-6-7-13-27-18-11-10-16(14-17(18)20(21,22)23)15-24-12-8-9-19(25)26/h10-11,14,24H,2-9,12-13,15H2,1H3,(H,25,26). The van der Waals surface area contributed by atoms with Crippen LogP contribution in [0.3, 0.4) is 0 Å². The molecule has 0 aromatic heterocycles. The van der Waals surface area contributed by atoms with E-state index >= 15 is 0 Å². The second-order valence-electron chi connectivity index (χ2n) is 6.62. The summed E-state index contributed by atoms with van der Waals surface area (Å²) in [4.78, 5) is 10.4. The number of aliphatic carboxylic acids is 1. The number of carboxylic acid groups (broad SMARTS) is 1. The third-order valence-electron chi connectivity index (χ3n) is 4.18. The molecular weight excluding hydrogens is 359 g/mol. The summed E-state index contributed by atoms with van der Waals surface area (Å²) in [7, 11) is 0. The molecule has 1 rings (SSSR count). The number of hydrogen-bond donors (Lipinski definition) is 2. The van der Waals surface area contributed by atoms with Gasteiger partial charge in [-0.25, -0.2) is 0 Å². The molecule has 0 atom stereocenters. The quantitative estimate of drug-likeness (QED) is 0.418. The van der Waals surface area contributed by atoms with Gasteiger partial charge in [0.1, 0.15) is 5.75 Å². The van der Waals surface area contributed by atoms with Gasteiger partial charge in [0.2, 0.25) is 0 Å². The second-order valence-corrected chi connectivity index (χ2v) is 6.62. The van der Waals surface area contributed by atoms with E-state index in [-0.39, 0.29) is 25.3 Å². The van der Waals surface area contributed by atoms with Crippen LogP contribution in [0.5, 0.6) is 5.75 Å². The maximum absolute atomic E-state index is 13.3. The van der Waals surface area contributed by atoms with Gasteiger partial charge in [0.15, 0.2) is 0 Å². The van der Waals surface area contributed by atoms with E-state index in [2.05, 4.69) is 12.2 Å². The van der Waals surface area contributed by atoms with Crippen molar-refractivity contribution in [2.75, 3.05) is 13.2 Å². The molecule has 0 saturated heterocycles. The molecule has 1 aromatic rings. The highest BCUT2D eigenvalue weighted by Gasteiger charge is 2.34. The Morgan fingerprint density at radius 1 is 1.11 bits per heavy atom. The van der Waals surface area contributed by atoms with Crippen molar-refractivity contribution >= 4 is 5.97 Å². The number of nitrogens with one attached hydrogen (secondary N) is 1. The zero-order valence-electron chi connectivity index (χ0n) is 15.9. The van der Waals surface area contributed by atoms with Gasteiger partial charge in [-0.3, -0.25) is 4.79 Å². The number of hydrogen-bond acceptors (Lipinski definition) is 3. The summed E-state index contributed by atoms with van der Waals surface area (Å²) in [6.45, 7) is 3.10. The summed E-state index contributed by atoms with van der Waals surface area (Å²) in [6, 6.07) is 4.07. The average molecular weight is 389 g/mol. The number of unbranched alkanes of at least 4 members (excludes halogenated alkanes) is 5. The zero-order valence-corrected chi connectivity index (χ0v) is 15.9. The molecule has 0 radical (unpaired) electrons. The van der Waals surface area contributed by atoms with Gasteiger partial charge in [-0.1, -0.05) is 45.1 Å². The van der Waals surface area contributed by atoms with Crippen LogP contribution in [0.15, 0.2) is 18.2 Å². The first-order valence-electron chi connectivity index (χ1n) is 9.60. The van der Waals surface area contributed by atoms with Crippen LogP contribution in [0.2, 0.25) is 0 Å². The van der Waals surface area contributed by atoms with Crippen LogP contribution in [0.25, 0.3) is 0 Å². The molecule has 0 aliphatic heterocycles. The minimum absolute atomic E-state index is 0.0338. The maximum Gasteiger partial charge on any atom is 0.419 e. The van der Waals surface area contributed by atoms with E-state index in [4.69, 9.17) is 9.84 Å². The van der Waals surface area contributed by atoms with E-state index in [0.717, 1.165) is 38.2 Å². The molecule has 0 aliphatic carbocycles. The lowest BCUT2D eigenvalue weighted by atomic mass is 10.1. The van der Waals surface area contributed by atoms with Gasteiger partial charge in [-0.2, -0.15) is 13.2 Å². The van der Waals surface area contributed by atoms with Crippen LogP contribution in [-0.2, 0) is 17.5 Å². The summed E-state index contributed by atoms with van der Waals surface area (Å²) in [5.41, 5.74) is -0.275. The first kappa shape index (κ1) is 23.3. The SMILES string of the molecule is CCCCCCCCOc1ccc(CNCCCC(=O)O)cc1C(F)(F)F.